The predicted octanol–water partition coefficient (Wildman–Crippen LogP) is 1.65. The summed E-state index contributed by atoms with van der Waals surface area (Å²) in [6.07, 6.45) is 0. The molecule has 1 aliphatic rings. The van der Waals surface area contributed by atoms with Crippen molar-refractivity contribution in [2.45, 2.75) is 27.3 Å². The molecular formula is C19H24N4O2. The maximum absolute atomic E-state index is 12.6. The standard InChI is InChI=1S/C19H24N4O2/c1-13-6-4-5-7-16(13)12-22-8-10-23(11-9-22)19(25)17-18(24)21-15(3)14(2)20-17/h4-7H,8-12H2,1-3H3,(H,21,24). The summed E-state index contributed by atoms with van der Waals surface area (Å²) in [4.78, 5) is 35.6. The first-order valence-corrected chi connectivity index (χ1v) is 8.59. The first-order chi connectivity index (χ1) is 12.0. The van der Waals surface area contributed by atoms with Crippen molar-refractivity contribution < 1.29 is 4.79 Å². The van der Waals surface area contributed by atoms with Crippen molar-refractivity contribution in [2.24, 2.45) is 0 Å². The lowest BCUT2D eigenvalue weighted by atomic mass is 10.1. The third-order valence-corrected chi connectivity index (χ3v) is 4.86. The number of carbonyl (C=O) groups excluding carboxylic acids is 1. The van der Waals surface area contributed by atoms with E-state index in [1.807, 2.05) is 6.07 Å². The number of aromatic amines is 1. The van der Waals surface area contributed by atoms with E-state index >= 15 is 0 Å². The quantitative estimate of drug-likeness (QED) is 0.922. The summed E-state index contributed by atoms with van der Waals surface area (Å²) >= 11 is 0. The van der Waals surface area contributed by atoms with E-state index in [0.29, 0.717) is 24.5 Å². The van der Waals surface area contributed by atoms with Gasteiger partial charge in [-0.1, -0.05) is 24.3 Å². The number of piperazine rings is 1. The van der Waals surface area contributed by atoms with E-state index in [1.54, 1.807) is 18.7 Å². The van der Waals surface area contributed by atoms with E-state index in [0.717, 1.165) is 19.6 Å². The number of hydrogen-bond acceptors (Lipinski definition) is 4. The first kappa shape index (κ1) is 17.4. The van der Waals surface area contributed by atoms with Crippen molar-refractivity contribution >= 4 is 5.91 Å². The van der Waals surface area contributed by atoms with Crippen LogP contribution in [-0.2, 0) is 6.54 Å². The molecule has 0 radical (unpaired) electrons. The van der Waals surface area contributed by atoms with Gasteiger partial charge in [-0.15, -0.1) is 0 Å². The molecule has 0 spiro atoms. The molecule has 1 N–H and O–H groups in total. The second-order valence-electron chi connectivity index (χ2n) is 6.62. The highest BCUT2D eigenvalue weighted by Gasteiger charge is 2.25. The zero-order valence-electron chi connectivity index (χ0n) is 15.0. The number of hydrogen-bond donors (Lipinski definition) is 1. The van der Waals surface area contributed by atoms with Crippen LogP contribution in [0.2, 0.25) is 0 Å². The van der Waals surface area contributed by atoms with Crippen LogP contribution in [0.3, 0.4) is 0 Å². The number of aryl methyl sites for hydroxylation is 3. The highest BCUT2D eigenvalue weighted by molar-refractivity contribution is 5.92. The molecule has 1 amide bonds. The second kappa shape index (κ2) is 7.19. The first-order valence-electron chi connectivity index (χ1n) is 8.59. The predicted molar refractivity (Wildman–Crippen MR) is 96.7 cm³/mol. The lowest BCUT2D eigenvalue weighted by Gasteiger charge is -2.34. The Morgan fingerprint density at radius 2 is 1.80 bits per heavy atom. The van der Waals surface area contributed by atoms with Gasteiger partial charge in [-0.3, -0.25) is 14.5 Å². The molecule has 3 rings (SSSR count). The highest BCUT2D eigenvalue weighted by atomic mass is 16.2. The van der Waals surface area contributed by atoms with Crippen molar-refractivity contribution in [3.05, 3.63) is 62.8 Å². The number of carbonyl (C=O) groups is 1. The monoisotopic (exact) mass is 340 g/mol. The second-order valence-corrected chi connectivity index (χ2v) is 6.62. The number of amides is 1. The lowest BCUT2D eigenvalue weighted by molar-refractivity contribution is 0.0620. The van der Waals surface area contributed by atoms with Crippen LogP contribution < -0.4 is 5.56 Å². The van der Waals surface area contributed by atoms with Crippen LogP contribution in [0.15, 0.2) is 29.1 Å². The van der Waals surface area contributed by atoms with Gasteiger partial charge in [0.05, 0.1) is 5.69 Å². The summed E-state index contributed by atoms with van der Waals surface area (Å²) in [7, 11) is 0. The molecule has 1 fully saturated rings. The van der Waals surface area contributed by atoms with Gasteiger partial charge in [-0.25, -0.2) is 4.98 Å². The average molecular weight is 340 g/mol. The molecule has 1 saturated heterocycles. The molecule has 0 bridgehead atoms. The molecule has 25 heavy (non-hydrogen) atoms. The fourth-order valence-electron chi connectivity index (χ4n) is 3.05. The Hall–Kier alpha value is -2.47. The van der Waals surface area contributed by atoms with E-state index < -0.39 is 5.56 Å². The zero-order chi connectivity index (χ0) is 18.0. The minimum absolute atomic E-state index is 0.00421. The smallest absolute Gasteiger partial charge is 0.279 e. The molecular weight excluding hydrogens is 316 g/mol. The maximum atomic E-state index is 12.6. The van der Waals surface area contributed by atoms with Gasteiger partial charge >= 0.3 is 0 Å². The van der Waals surface area contributed by atoms with Crippen LogP contribution in [0.5, 0.6) is 0 Å². The summed E-state index contributed by atoms with van der Waals surface area (Å²) < 4.78 is 0. The molecule has 1 aromatic heterocycles. The third kappa shape index (κ3) is 3.79. The molecule has 1 aromatic carbocycles. The third-order valence-electron chi connectivity index (χ3n) is 4.86. The topological polar surface area (TPSA) is 69.3 Å². The van der Waals surface area contributed by atoms with Crippen molar-refractivity contribution in [1.29, 1.82) is 0 Å². The molecule has 0 saturated carbocycles. The van der Waals surface area contributed by atoms with Gasteiger partial charge in [0.25, 0.3) is 11.5 Å². The maximum Gasteiger partial charge on any atom is 0.279 e. The highest BCUT2D eigenvalue weighted by Crippen LogP contribution is 2.13. The van der Waals surface area contributed by atoms with Crippen LogP contribution in [0.1, 0.15) is 33.0 Å². The molecule has 0 unspecified atom stereocenters. The SMILES string of the molecule is Cc1ccccc1CN1CCN(C(=O)c2nc(C)c(C)[nH]c2=O)CC1. The molecule has 6 nitrogen and oxygen atoms in total. The van der Waals surface area contributed by atoms with Gasteiger partial charge in [0, 0.05) is 38.4 Å². The van der Waals surface area contributed by atoms with Crippen molar-refractivity contribution in [3.8, 4) is 0 Å². The normalized spacial score (nSPS) is 15.4. The van der Waals surface area contributed by atoms with Gasteiger partial charge in [0.15, 0.2) is 5.69 Å². The number of aromatic nitrogens is 2. The Morgan fingerprint density at radius 3 is 2.48 bits per heavy atom. The molecule has 1 aliphatic heterocycles. The number of rotatable bonds is 3. The van der Waals surface area contributed by atoms with Crippen LogP contribution >= 0.6 is 0 Å². The van der Waals surface area contributed by atoms with Gasteiger partial charge in [0.1, 0.15) is 0 Å². The van der Waals surface area contributed by atoms with Crippen molar-refractivity contribution in [1.82, 2.24) is 19.8 Å². The van der Waals surface area contributed by atoms with Gasteiger partial charge < -0.3 is 9.88 Å². The van der Waals surface area contributed by atoms with E-state index in [-0.39, 0.29) is 11.6 Å². The van der Waals surface area contributed by atoms with Gasteiger partial charge in [-0.2, -0.15) is 0 Å². The molecule has 0 aliphatic carbocycles. The Bertz CT molecular complexity index is 836. The summed E-state index contributed by atoms with van der Waals surface area (Å²) in [6.45, 7) is 9.39. The summed E-state index contributed by atoms with van der Waals surface area (Å²) in [5.41, 5.74) is 3.57. The van der Waals surface area contributed by atoms with E-state index in [4.69, 9.17) is 0 Å². The average Bonchev–Trinajstić information content (AvgIpc) is 2.60. The van der Waals surface area contributed by atoms with Crippen LogP contribution in [-0.4, -0.2) is 51.9 Å². The van der Waals surface area contributed by atoms with E-state index in [2.05, 4.69) is 40.0 Å². The van der Waals surface area contributed by atoms with Crippen LogP contribution in [0.25, 0.3) is 0 Å². The van der Waals surface area contributed by atoms with E-state index in [1.165, 1.54) is 11.1 Å². The Morgan fingerprint density at radius 1 is 1.12 bits per heavy atom. The lowest BCUT2D eigenvalue weighted by Crippen LogP contribution is -2.49. The largest absolute Gasteiger partial charge is 0.335 e. The number of nitrogens with zero attached hydrogens (tertiary/aromatic N) is 3. The minimum Gasteiger partial charge on any atom is -0.335 e. The van der Waals surface area contributed by atoms with Gasteiger partial charge in [0.2, 0.25) is 0 Å². The number of nitrogens with one attached hydrogen (secondary N) is 1. The molecule has 132 valence electrons. The zero-order valence-corrected chi connectivity index (χ0v) is 15.0. The molecule has 6 heteroatoms. The fraction of sp³-hybridized carbons (Fsp3) is 0.421. The molecule has 2 aromatic rings. The van der Waals surface area contributed by atoms with Crippen molar-refractivity contribution in [3.63, 3.8) is 0 Å². The number of benzene rings is 1. The Balaban J connectivity index is 1.64. The summed E-state index contributed by atoms with van der Waals surface area (Å²) in [5.74, 6) is -0.278. The van der Waals surface area contributed by atoms with Crippen LogP contribution in [0.4, 0.5) is 0 Å². The molecule has 2 heterocycles. The Labute approximate surface area is 147 Å². The Kier molecular flexibility index (Phi) is 4.99. The van der Waals surface area contributed by atoms with Gasteiger partial charge in [-0.05, 0) is 31.9 Å². The fourth-order valence-corrected chi connectivity index (χ4v) is 3.05. The van der Waals surface area contributed by atoms with E-state index in [9.17, 15) is 9.59 Å². The van der Waals surface area contributed by atoms with Crippen molar-refractivity contribution in [2.75, 3.05) is 26.2 Å². The van der Waals surface area contributed by atoms with Crippen LogP contribution in [0, 0.1) is 20.8 Å². The summed E-state index contributed by atoms with van der Waals surface area (Å²) in [5, 5.41) is 0. The minimum atomic E-state index is -0.407. The number of H-pyrrole nitrogens is 1. The summed E-state index contributed by atoms with van der Waals surface area (Å²) in [6, 6.07) is 8.36. The molecule has 0 atom stereocenters.